The molecule has 1 aliphatic carbocycles. The summed E-state index contributed by atoms with van der Waals surface area (Å²) in [5, 5.41) is 3.95. The zero-order valence-electron chi connectivity index (χ0n) is 9.90. The van der Waals surface area contributed by atoms with Crippen LogP contribution in [0.5, 0.6) is 0 Å². The first-order chi connectivity index (χ1) is 7.63. The first kappa shape index (κ1) is 11.5. The van der Waals surface area contributed by atoms with E-state index in [4.69, 9.17) is 15.0 Å². The first-order valence-electron chi connectivity index (χ1n) is 5.84. The van der Waals surface area contributed by atoms with Crippen molar-refractivity contribution in [2.45, 2.75) is 44.6 Å². The lowest BCUT2D eigenvalue weighted by Crippen LogP contribution is -2.39. The Morgan fingerprint density at radius 3 is 2.88 bits per heavy atom. The lowest BCUT2D eigenvalue weighted by Gasteiger charge is -2.21. The van der Waals surface area contributed by atoms with Gasteiger partial charge >= 0.3 is 0 Å². The summed E-state index contributed by atoms with van der Waals surface area (Å²) < 4.78 is 10.6. The van der Waals surface area contributed by atoms with Gasteiger partial charge in [0.05, 0.1) is 6.61 Å². The number of aromatic nitrogens is 2. The third kappa shape index (κ3) is 2.25. The van der Waals surface area contributed by atoms with Crippen LogP contribution in [0.1, 0.15) is 50.7 Å². The van der Waals surface area contributed by atoms with Gasteiger partial charge in [0.25, 0.3) is 0 Å². The average Bonchev–Trinajstić information content (AvgIpc) is 2.62. The van der Waals surface area contributed by atoms with Crippen LogP contribution >= 0.6 is 0 Å². The number of ether oxygens (including phenoxy) is 1. The molecule has 16 heavy (non-hydrogen) atoms. The normalized spacial score (nSPS) is 20.4. The Morgan fingerprint density at radius 2 is 2.31 bits per heavy atom. The smallest absolute Gasteiger partial charge is 0.229 e. The first-order valence-corrected chi connectivity index (χ1v) is 5.84. The van der Waals surface area contributed by atoms with Gasteiger partial charge in [0.2, 0.25) is 5.89 Å². The SMILES string of the molecule is CCOCC(C)(N)c1noc(C2CCC2)n1. The molecule has 0 radical (unpaired) electrons. The van der Waals surface area contributed by atoms with Gasteiger partial charge in [0.15, 0.2) is 5.82 Å². The van der Waals surface area contributed by atoms with Crippen molar-refractivity contribution in [1.29, 1.82) is 0 Å². The molecule has 1 saturated carbocycles. The van der Waals surface area contributed by atoms with Gasteiger partial charge < -0.3 is 15.0 Å². The Kier molecular flexibility index (Phi) is 3.25. The highest BCUT2D eigenvalue weighted by Crippen LogP contribution is 2.35. The molecule has 1 atom stereocenters. The van der Waals surface area contributed by atoms with Crippen molar-refractivity contribution in [3.63, 3.8) is 0 Å². The van der Waals surface area contributed by atoms with Crippen LogP contribution in [0, 0.1) is 0 Å². The van der Waals surface area contributed by atoms with Gasteiger partial charge in [0, 0.05) is 12.5 Å². The average molecular weight is 225 g/mol. The van der Waals surface area contributed by atoms with E-state index in [2.05, 4.69) is 10.1 Å². The lowest BCUT2D eigenvalue weighted by molar-refractivity contribution is 0.0962. The van der Waals surface area contributed by atoms with Crippen LogP contribution in [0.2, 0.25) is 0 Å². The van der Waals surface area contributed by atoms with Crippen LogP contribution in [-0.2, 0) is 10.3 Å². The summed E-state index contributed by atoms with van der Waals surface area (Å²) in [5.41, 5.74) is 5.42. The largest absolute Gasteiger partial charge is 0.379 e. The molecule has 0 bridgehead atoms. The number of nitrogens with two attached hydrogens (primary N) is 1. The van der Waals surface area contributed by atoms with E-state index in [-0.39, 0.29) is 0 Å². The van der Waals surface area contributed by atoms with Crippen molar-refractivity contribution >= 4 is 0 Å². The molecule has 0 aromatic carbocycles. The van der Waals surface area contributed by atoms with Crippen molar-refractivity contribution in [1.82, 2.24) is 10.1 Å². The summed E-state index contributed by atoms with van der Waals surface area (Å²) in [4.78, 5) is 4.37. The lowest BCUT2D eigenvalue weighted by atomic mass is 9.85. The Morgan fingerprint density at radius 1 is 1.56 bits per heavy atom. The molecule has 0 spiro atoms. The molecule has 5 nitrogen and oxygen atoms in total. The van der Waals surface area contributed by atoms with Crippen LogP contribution < -0.4 is 5.73 Å². The maximum Gasteiger partial charge on any atom is 0.229 e. The molecule has 1 aliphatic rings. The van der Waals surface area contributed by atoms with Crippen LogP contribution in [0.3, 0.4) is 0 Å². The predicted molar refractivity (Wildman–Crippen MR) is 58.9 cm³/mol. The highest BCUT2D eigenvalue weighted by atomic mass is 16.5. The zero-order valence-corrected chi connectivity index (χ0v) is 9.90. The van der Waals surface area contributed by atoms with Crippen molar-refractivity contribution in [3.8, 4) is 0 Å². The van der Waals surface area contributed by atoms with Crippen LogP contribution in [0.25, 0.3) is 0 Å². The van der Waals surface area contributed by atoms with Crippen molar-refractivity contribution in [2.24, 2.45) is 5.73 Å². The maximum atomic E-state index is 6.09. The molecule has 2 rings (SSSR count). The third-order valence-electron chi connectivity index (χ3n) is 3.01. The Bertz CT molecular complexity index is 345. The second-order valence-corrected chi connectivity index (χ2v) is 4.64. The summed E-state index contributed by atoms with van der Waals surface area (Å²) in [5.74, 6) is 1.72. The molecule has 0 amide bonds. The van der Waals surface area contributed by atoms with E-state index in [0.29, 0.717) is 25.0 Å². The fraction of sp³-hybridized carbons (Fsp3) is 0.818. The number of rotatable bonds is 5. The van der Waals surface area contributed by atoms with Crippen LogP contribution in [0.15, 0.2) is 4.52 Å². The number of nitrogens with zero attached hydrogens (tertiary/aromatic N) is 2. The zero-order chi connectivity index (χ0) is 11.6. The third-order valence-corrected chi connectivity index (χ3v) is 3.01. The summed E-state index contributed by atoms with van der Waals surface area (Å²) in [6, 6.07) is 0. The van der Waals surface area contributed by atoms with Crippen molar-refractivity contribution in [3.05, 3.63) is 11.7 Å². The fourth-order valence-corrected chi connectivity index (χ4v) is 1.67. The van der Waals surface area contributed by atoms with Gasteiger partial charge in [-0.1, -0.05) is 11.6 Å². The monoisotopic (exact) mass is 225 g/mol. The molecular weight excluding hydrogens is 206 g/mol. The second-order valence-electron chi connectivity index (χ2n) is 4.64. The van der Waals surface area contributed by atoms with E-state index in [1.165, 1.54) is 6.42 Å². The molecule has 90 valence electrons. The van der Waals surface area contributed by atoms with Crippen LogP contribution in [-0.4, -0.2) is 23.4 Å². The summed E-state index contributed by atoms with van der Waals surface area (Å²) in [6.07, 6.45) is 3.55. The summed E-state index contributed by atoms with van der Waals surface area (Å²) >= 11 is 0. The van der Waals surface area contributed by atoms with E-state index in [1.54, 1.807) is 0 Å². The molecule has 1 aromatic heterocycles. The number of hydrogen-bond donors (Lipinski definition) is 1. The van der Waals surface area contributed by atoms with Gasteiger partial charge in [-0.05, 0) is 26.7 Å². The van der Waals surface area contributed by atoms with E-state index in [0.717, 1.165) is 18.7 Å². The van der Waals surface area contributed by atoms with Crippen LogP contribution in [0.4, 0.5) is 0 Å². The van der Waals surface area contributed by atoms with Gasteiger partial charge in [-0.3, -0.25) is 0 Å². The van der Waals surface area contributed by atoms with E-state index < -0.39 is 5.54 Å². The van der Waals surface area contributed by atoms with Crippen molar-refractivity contribution in [2.75, 3.05) is 13.2 Å². The predicted octanol–water partition coefficient (Wildman–Crippen LogP) is 1.55. The van der Waals surface area contributed by atoms with Gasteiger partial charge in [-0.25, -0.2) is 0 Å². The summed E-state index contributed by atoms with van der Waals surface area (Å²) in [6.45, 7) is 4.84. The minimum atomic E-state index is -0.665. The second kappa shape index (κ2) is 4.51. The Labute approximate surface area is 95.3 Å². The standard InChI is InChI=1S/C11H19N3O2/c1-3-15-7-11(2,12)10-13-9(16-14-10)8-5-4-6-8/h8H,3-7,12H2,1-2H3. The highest BCUT2D eigenvalue weighted by molar-refractivity contribution is 5.05. The number of hydrogen-bond acceptors (Lipinski definition) is 5. The topological polar surface area (TPSA) is 74.2 Å². The maximum absolute atomic E-state index is 6.09. The molecule has 1 heterocycles. The van der Waals surface area contributed by atoms with E-state index in [1.807, 2.05) is 13.8 Å². The molecule has 0 saturated heterocycles. The van der Waals surface area contributed by atoms with E-state index in [9.17, 15) is 0 Å². The highest BCUT2D eigenvalue weighted by Gasteiger charge is 2.31. The van der Waals surface area contributed by atoms with Gasteiger partial charge in [0.1, 0.15) is 5.54 Å². The molecule has 1 fully saturated rings. The minimum absolute atomic E-state index is 0.410. The molecule has 1 aromatic rings. The quantitative estimate of drug-likeness (QED) is 0.822. The summed E-state index contributed by atoms with van der Waals surface area (Å²) in [7, 11) is 0. The molecule has 2 N–H and O–H groups in total. The van der Waals surface area contributed by atoms with E-state index >= 15 is 0 Å². The Balaban J connectivity index is 2.04. The van der Waals surface area contributed by atoms with Crippen molar-refractivity contribution < 1.29 is 9.26 Å². The van der Waals surface area contributed by atoms with Gasteiger partial charge in [-0.2, -0.15) is 4.98 Å². The molecule has 5 heteroatoms. The van der Waals surface area contributed by atoms with Gasteiger partial charge in [-0.15, -0.1) is 0 Å². The molecule has 0 aliphatic heterocycles. The molecule has 1 unspecified atom stereocenters. The minimum Gasteiger partial charge on any atom is -0.379 e. The Hall–Kier alpha value is -0.940. The fourth-order valence-electron chi connectivity index (χ4n) is 1.67. The molecular formula is C11H19N3O2.